The van der Waals surface area contributed by atoms with E-state index in [0.29, 0.717) is 6.54 Å². The van der Waals surface area contributed by atoms with Crippen LogP contribution in [0.2, 0.25) is 0 Å². The fourth-order valence-corrected chi connectivity index (χ4v) is 3.04. The number of aromatic nitrogens is 1. The number of nitrogens with zero attached hydrogens (tertiary/aromatic N) is 1. The summed E-state index contributed by atoms with van der Waals surface area (Å²) in [5.41, 5.74) is 6.85. The molecule has 0 aliphatic carbocycles. The monoisotopic (exact) mass is 287 g/mol. The molecule has 102 valence electrons. The van der Waals surface area contributed by atoms with Crippen molar-refractivity contribution in [3.05, 3.63) is 15.6 Å². The molecule has 18 heavy (non-hydrogen) atoms. The van der Waals surface area contributed by atoms with Crippen molar-refractivity contribution < 1.29 is 4.79 Å². The number of hydrogen-bond acceptors (Lipinski definition) is 5. The quantitative estimate of drug-likeness (QED) is 0.797. The van der Waals surface area contributed by atoms with E-state index in [1.54, 1.807) is 23.1 Å². The molecule has 0 saturated heterocycles. The number of rotatable bonds is 7. The molecule has 0 spiro atoms. The van der Waals surface area contributed by atoms with E-state index in [2.05, 4.69) is 10.3 Å². The zero-order valence-corrected chi connectivity index (χ0v) is 12.8. The Morgan fingerprint density at radius 3 is 2.83 bits per heavy atom. The topological polar surface area (TPSA) is 68.0 Å². The zero-order chi connectivity index (χ0) is 13.5. The van der Waals surface area contributed by atoms with E-state index < -0.39 is 0 Å². The fourth-order valence-electron chi connectivity index (χ4n) is 1.61. The maximum atomic E-state index is 11.7. The maximum absolute atomic E-state index is 11.7. The Morgan fingerprint density at radius 2 is 2.28 bits per heavy atom. The van der Waals surface area contributed by atoms with Gasteiger partial charge in [-0.3, -0.25) is 4.79 Å². The van der Waals surface area contributed by atoms with Crippen LogP contribution in [-0.4, -0.2) is 35.5 Å². The first-order valence-corrected chi connectivity index (χ1v) is 8.20. The van der Waals surface area contributed by atoms with Gasteiger partial charge in [0.15, 0.2) is 0 Å². The van der Waals surface area contributed by atoms with Crippen LogP contribution in [0.25, 0.3) is 0 Å². The number of hydrogen-bond donors (Lipinski definition) is 2. The smallest absolute Gasteiger partial charge is 0.236 e. The second kappa shape index (κ2) is 7.76. The predicted molar refractivity (Wildman–Crippen MR) is 79.3 cm³/mol. The van der Waals surface area contributed by atoms with Crippen LogP contribution in [0.5, 0.6) is 0 Å². The Balaban J connectivity index is 2.29. The minimum atomic E-state index is -0.387. The van der Waals surface area contributed by atoms with Crippen molar-refractivity contribution in [3.8, 4) is 0 Å². The molecule has 1 aromatic heterocycles. The van der Waals surface area contributed by atoms with Crippen molar-refractivity contribution in [2.75, 3.05) is 18.6 Å². The molecule has 1 aromatic rings. The lowest BCUT2D eigenvalue weighted by Gasteiger charge is -2.11. The highest BCUT2D eigenvalue weighted by molar-refractivity contribution is 7.98. The summed E-state index contributed by atoms with van der Waals surface area (Å²) < 4.78 is 0. The number of nitrogens with one attached hydrogen (secondary N) is 1. The number of carbonyl (C=O) groups excluding carboxylic acids is 1. The predicted octanol–water partition coefficient (Wildman–Crippen LogP) is 1.50. The van der Waals surface area contributed by atoms with Gasteiger partial charge in [-0.15, -0.1) is 11.3 Å². The Hall–Kier alpha value is -0.590. The van der Waals surface area contributed by atoms with Crippen LogP contribution in [0.3, 0.4) is 0 Å². The Kier molecular flexibility index (Phi) is 6.67. The van der Waals surface area contributed by atoms with Crippen molar-refractivity contribution in [1.29, 1.82) is 0 Å². The SMILES string of the molecule is CSCC[C@H](N)C(=O)NCCc1sc(C)nc1C. The van der Waals surface area contributed by atoms with Crippen LogP contribution in [0, 0.1) is 13.8 Å². The van der Waals surface area contributed by atoms with Gasteiger partial charge in [0.25, 0.3) is 0 Å². The summed E-state index contributed by atoms with van der Waals surface area (Å²) in [5.74, 6) is 0.866. The number of thiazole rings is 1. The second-order valence-electron chi connectivity index (χ2n) is 4.17. The summed E-state index contributed by atoms with van der Waals surface area (Å²) in [6, 6.07) is -0.387. The Morgan fingerprint density at radius 1 is 1.56 bits per heavy atom. The van der Waals surface area contributed by atoms with Gasteiger partial charge in [-0.2, -0.15) is 11.8 Å². The van der Waals surface area contributed by atoms with Crippen LogP contribution in [0.4, 0.5) is 0 Å². The van der Waals surface area contributed by atoms with Gasteiger partial charge in [-0.25, -0.2) is 4.98 Å². The second-order valence-corrected chi connectivity index (χ2v) is 6.44. The van der Waals surface area contributed by atoms with Gasteiger partial charge in [0.1, 0.15) is 0 Å². The summed E-state index contributed by atoms with van der Waals surface area (Å²) in [6.07, 6.45) is 3.57. The summed E-state index contributed by atoms with van der Waals surface area (Å²) in [5, 5.41) is 3.96. The lowest BCUT2D eigenvalue weighted by molar-refractivity contribution is -0.122. The van der Waals surface area contributed by atoms with Gasteiger partial charge in [-0.05, 0) is 32.3 Å². The Labute approximate surface area is 117 Å². The van der Waals surface area contributed by atoms with E-state index in [9.17, 15) is 4.79 Å². The molecule has 0 aliphatic rings. The van der Waals surface area contributed by atoms with Gasteiger partial charge in [0.05, 0.1) is 16.7 Å². The minimum absolute atomic E-state index is 0.0528. The molecule has 0 aliphatic heterocycles. The molecule has 1 atom stereocenters. The lowest BCUT2D eigenvalue weighted by atomic mass is 10.2. The van der Waals surface area contributed by atoms with Crippen molar-refractivity contribution in [2.24, 2.45) is 5.73 Å². The highest BCUT2D eigenvalue weighted by Crippen LogP contribution is 2.17. The first-order chi connectivity index (χ1) is 8.54. The molecule has 1 rings (SSSR count). The van der Waals surface area contributed by atoms with Gasteiger partial charge in [0, 0.05) is 17.8 Å². The summed E-state index contributed by atoms with van der Waals surface area (Å²) in [7, 11) is 0. The van der Waals surface area contributed by atoms with Crippen LogP contribution >= 0.6 is 23.1 Å². The molecule has 0 saturated carbocycles. The first-order valence-electron chi connectivity index (χ1n) is 5.99. The normalized spacial score (nSPS) is 12.4. The standard InChI is InChI=1S/C12H21N3OS2/c1-8-11(18-9(2)15-8)4-6-14-12(16)10(13)5-7-17-3/h10H,4-7,13H2,1-3H3,(H,14,16)/t10-/m0/s1. The summed E-state index contributed by atoms with van der Waals surface area (Å²) in [4.78, 5) is 17.3. The van der Waals surface area contributed by atoms with Gasteiger partial charge >= 0.3 is 0 Å². The third kappa shape index (κ3) is 4.96. The van der Waals surface area contributed by atoms with Crippen molar-refractivity contribution in [3.63, 3.8) is 0 Å². The lowest BCUT2D eigenvalue weighted by Crippen LogP contribution is -2.41. The van der Waals surface area contributed by atoms with Gasteiger partial charge in [-0.1, -0.05) is 0 Å². The number of amides is 1. The zero-order valence-electron chi connectivity index (χ0n) is 11.2. The van der Waals surface area contributed by atoms with Crippen LogP contribution in [-0.2, 0) is 11.2 Å². The van der Waals surface area contributed by atoms with Crippen LogP contribution < -0.4 is 11.1 Å². The Bertz CT molecular complexity index is 393. The molecule has 6 heteroatoms. The third-order valence-electron chi connectivity index (χ3n) is 2.62. The fraction of sp³-hybridized carbons (Fsp3) is 0.667. The minimum Gasteiger partial charge on any atom is -0.354 e. The highest BCUT2D eigenvalue weighted by Gasteiger charge is 2.12. The molecular weight excluding hydrogens is 266 g/mol. The molecule has 3 N–H and O–H groups in total. The average Bonchev–Trinajstić information content (AvgIpc) is 2.64. The molecule has 0 aromatic carbocycles. The summed E-state index contributed by atoms with van der Waals surface area (Å²) in [6.45, 7) is 4.64. The molecule has 0 unspecified atom stereocenters. The van der Waals surface area contributed by atoms with E-state index in [4.69, 9.17) is 5.73 Å². The van der Waals surface area contributed by atoms with Crippen molar-refractivity contribution in [2.45, 2.75) is 32.7 Å². The summed E-state index contributed by atoms with van der Waals surface area (Å²) >= 11 is 3.40. The van der Waals surface area contributed by atoms with Crippen LogP contribution in [0.15, 0.2) is 0 Å². The highest BCUT2D eigenvalue weighted by atomic mass is 32.2. The molecule has 0 radical (unpaired) electrons. The number of nitrogens with two attached hydrogens (primary N) is 1. The maximum Gasteiger partial charge on any atom is 0.236 e. The van der Waals surface area contributed by atoms with Crippen molar-refractivity contribution >= 4 is 29.0 Å². The molecule has 1 heterocycles. The third-order valence-corrected chi connectivity index (χ3v) is 4.40. The number of thioether (sulfide) groups is 1. The number of aryl methyl sites for hydroxylation is 2. The molecule has 0 bridgehead atoms. The number of carbonyl (C=O) groups is 1. The van der Waals surface area contributed by atoms with E-state index in [0.717, 1.165) is 29.3 Å². The molecular formula is C12H21N3OS2. The first kappa shape index (κ1) is 15.5. The van der Waals surface area contributed by atoms with Gasteiger partial charge in [0.2, 0.25) is 5.91 Å². The molecule has 0 fully saturated rings. The van der Waals surface area contributed by atoms with E-state index >= 15 is 0 Å². The average molecular weight is 287 g/mol. The molecule has 1 amide bonds. The van der Waals surface area contributed by atoms with E-state index in [-0.39, 0.29) is 11.9 Å². The molecule has 4 nitrogen and oxygen atoms in total. The largest absolute Gasteiger partial charge is 0.354 e. The van der Waals surface area contributed by atoms with Gasteiger partial charge < -0.3 is 11.1 Å². The van der Waals surface area contributed by atoms with E-state index in [1.807, 2.05) is 20.1 Å². The van der Waals surface area contributed by atoms with Crippen LogP contribution in [0.1, 0.15) is 22.0 Å². The van der Waals surface area contributed by atoms with Crippen molar-refractivity contribution in [1.82, 2.24) is 10.3 Å². The van der Waals surface area contributed by atoms with E-state index in [1.165, 1.54) is 4.88 Å².